The fourth-order valence-electron chi connectivity index (χ4n) is 1.65. The molecule has 3 heteroatoms. The molecule has 82 valence electrons. The summed E-state index contributed by atoms with van der Waals surface area (Å²) in [6.45, 7) is 0. The highest BCUT2D eigenvalue weighted by Crippen LogP contribution is 2.30. The van der Waals surface area contributed by atoms with Crippen LogP contribution in [0.1, 0.15) is 0 Å². The van der Waals surface area contributed by atoms with Crippen molar-refractivity contribution in [2.45, 2.75) is 0 Å². The van der Waals surface area contributed by atoms with Gasteiger partial charge in [-0.05, 0) is 35.9 Å². The first-order chi connectivity index (χ1) is 7.70. The van der Waals surface area contributed by atoms with Gasteiger partial charge in [0, 0.05) is 29.0 Å². The summed E-state index contributed by atoms with van der Waals surface area (Å²) in [5.41, 5.74) is 9.78. The van der Waals surface area contributed by atoms with Crippen LogP contribution in [0.25, 0.3) is 11.1 Å². The molecule has 0 amide bonds. The molecule has 2 rings (SSSR count). The topological polar surface area (TPSA) is 38.0 Å². The van der Waals surface area contributed by atoms with Crippen LogP contribution in [0, 0.1) is 0 Å². The lowest BCUT2D eigenvalue weighted by Crippen LogP contribution is -1.94. The van der Waals surface area contributed by atoms with Gasteiger partial charge in [-0.1, -0.05) is 23.7 Å². The molecule has 16 heavy (non-hydrogen) atoms. The SMILES string of the molecule is CNc1ccc(N)cc1-c1ccc(Cl)cc1. The quantitative estimate of drug-likeness (QED) is 0.776. The third-order valence-electron chi connectivity index (χ3n) is 2.47. The summed E-state index contributed by atoms with van der Waals surface area (Å²) in [6.07, 6.45) is 0. The lowest BCUT2D eigenvalue weighted by molar-refractivity contribution is 1.50. The summed E-state index contributed by atoms with van der Waals surface area (Å²) in [4.78, 5) is 0. The van der Waals surface area contributed by atoms with Crippen molar-refractivity contribution < 1.29 is 0 Å². The zero-order chi connectivity index (χ0) is 11.5. The van der Waals surface area contributed by atoms with Crippen LogP contribution in [0.5, 0.6) is 0 Å². The first kappa shape index (κ1) is 10.8. The second kappa shape index (κ2) is 4.45. The number of nitrogens with one attached hydrogen (secondary N) is 1. The molecule has 2 nitrogen and oxygen atoms in total. The molecule has 0 aliphatic heterocycles. The largest absolute Gasteiger partial charge is 0.399 e. The number of nitrogen functional groups attached to an aromatic ring is 1. The van der Waals surface area contributed by atoms with E-state index in [1.54, 1.807) is 0 Å². The van der Waals surface area contributed by atoms with Gasteiger partial charge in [0.15, 0.2) is 0 Å². The van der Waals surface area contributed by atoms with Gasteiger partial charge in [-0.25, -0.2) is 0 Å². The van der Waals surface area contributed by atoms with Crippen LogP contribution >= 0.6 is 11.6 Å². The number of nitrogens with two attached hydrogens (primary N) is 1. The number of halogens is 1. The Morgan fingerprint density at radius 1 is 1.06 bits per heavy atom. The minimum Gasteiger partial charge on any atom is -0.399 e. The van der Waals surface area contributed by atoms with Crippen molar-refractivity contribution >= 4 is 23.0 Å². The lowest BCUT2D eigenvalue weighted by atomic mass is 10.0. The van der Waals surface area contributed by atoms with Gasteiger partial charge in [-0.3, -0.25) is 0 Å². The Morgan fingerprint density at radius 2 is 1.75 bits per heavy atom. The molecule has 0 heterocycles. The molecule has 0 bridgehead atoms. The molecule has 2 aromatic carbocycles. The first-order valence-corrected chi connectivity index (χ1v) is 5.42. The predicted octanol–water partition coefficient (Wildman–Crippen LogP) is 3.63. The van der Waals surface area contributed by atoms with Crippen LogP contribution in [0.15, 0.2) is 42.5 Å². The highest BCUT2D eigenvalue weighted by atomic mass is 35.5. The third-order valence-corrected chi connectivity index (χ3v) is 2.72. The molecular formula is C13H13ClN2. The third kappa shape index (κ3) is 2.12. The molecule has 0 aromatic heterocycles. The van der Waals surface area contributed by atoms with E-state index < -0.39 is 0 Å². The van der Waals surface area contributed by atoms with Crippen molar-refractivity contribution in [3.05, 3.63) is 47.5 Å². The van der Waals surface area contributed by atoms with E-state index in [1.807, 2.05) is 49.5 Å². The highest BCUT2D eigenvalue weighted by molar-refractivity contribution is 6.30. The van der Waals surface area contributed by atoms with Crippen molar-refractivity contribution in [2.24, 2.45) is 0 Å². The Labute approximate surface area is 100 Å². The van der Waals surface area contributed by atoms with Gasteiger partial charge in [-0.2, -0.15) is 0 Å². The number of hydrogen-bond acceptors (Lipinski definition) is 2. The maximum atomic E-state index is 5.86. The van der Waals surface area contributed by atoms with Gasteiger partial charge in [0.1, 0.15) is 0 Å². The summed E-state index contributed by atoms with van der Waals surface area (Å²) >= 11 is 5.86. The Bertz CT molecular complexity index is 492. The summed E-state index contributed by atoms with van der Waals surface area (Å²) < 4.78 is 0. The maximum Gasteiger partial charge on any atom is 0.0418 e. The second-order valence-corrected chi connectivity index (χ2v) is 4.00. The van der Waals surface area contributed by atoms with E-state index >= 15 is 0 Å². The van der Waals surface area contributed by atoms with Crippen LogP contribution in [0.2, 0.25) is 5.02 Å². The van der Waals surface area contributed by atoms with Crippen LogP contribution in [0.3, 0.4) is 0 Å². The monoisotopic (exact) mass is 232 g/mol. The number of rotatable bonds is 2. The molecule has 0 atom stereocenters. The number of anilines is 2. The molecule has 0 aliphatic rings. The molecule has 0 spiro atoms. The summed E-state index contributed by atoms with van der Waals surface area (Å²) in [7, 11) is 1.89. The van der Waals surface area contributed by atoms with Crippen LogP contribution in [0.4, 0.5) is 11.4 Å². The van der Waals surface area contributed by atoms with E-state index in [9.17, 15) is 0 Å². The fourth-order valence-corrected chi connectivity index (χ4v) is 1.77. The Kier molecular flexibility index (Phi) is 3.02. The van der Waals surface area contributed by atoms with E-state index in [1.165, 1.54) is 0 Å². The summed E-state index contributed by atoms with van der Waals surface area (Å²) in [5, 5.41) is 3.88. The van der Waals surface area contributed by atoms with Gasteiger partial charge in [0.05, 0.1) is 0 Å². The summed E-state index contributed by atoms with van der Waals surface area (Å²) in [5.74, 6) is 0. The van der Waals surface area contributed by atoms with Crippen molar-refractivity contribution in [1.29, 1.82) is 0 Å². The molecule has 2 aromatic rings. The Morgan fingerprint density at radius 3 is 2.38 bits per heavy atom. The molecule has 0 saturated heterocycles. The second-order valence-electron chi connectivity index (χ2n) is 3.56. The molecule has 0 radical (unpaired) electrons. The minimum absolute atomic E-state index is 0.735. The average molecular weight is 233 g/mol. The van der Waals surface area contributed by atoms with E-state index in [4.69, 9.17) is 17.3 Å². The van der Waals surface area contributed by atoms with E-state index in [-0.39, 0.29) is 0 Å². The standard InChI is InChI=1S/C13H13ClN2/c1-16-13-7-6-11(15)8-12(13)9-2-4-10(14)5-3-9/h2-8,16H,15H2,1H3. The minimum atomic E-state index is 0.735. The highest BCUT2D eigenvalue weighted by Gasteiger charge is 2.04. The number of benzene rings is 2. The van der Waals surface area contributed by atoms with Gasteiger partial charge >= 0.3 is 0 Å². The molecule has 0 aliphatic carbocycles. The lowest BCUT2D eigenvalue weighted by Gasteiger charge is -2.10. The van der Waals surface area contributed by atoms with E-state index in [2.05, 4.69) is 5.32 Å². The Balaban J connectivity index is 2.53. The number of hydrogen-bond donors (Lipinski definition) is 2. The average Bonchev–Trinajstić information content (AvgIpc) is 2.30. The van der Waals surface area contributed by atoms with Gasteiger partial charge in [-0.15, -0.1) is 0 Å². The van der Waals surface area contributed by atoms with Gasteiger partial charge < -0.3 is 11.1 Å². The van der Waals surface area contributed by atoms with Crippen LogP contribution in [-0.2, 0) is 0 Å². The molecule has 3 N–H and O–H groups in total. The normalized spacial score (nSPS) is 10.1. The van der Waals surface area contributed by atoms with Crippen molar-refractivity contribution in [2.75, 3.05) is 18.1 Å². The van der Waals surface area contributed by atoms with E-state index in [0.29, 0.717) is 0 Å². The van der Waals surface area contributed by atoms with Crippen molar-refractivity contribution in [1.82, 2.24) is 0 Å². The smallest absolute Gasteiger partial charge is 0.0418 e. The maximum absolute atomic E-state index is 5.86. The molecule has 0 saturated carbocycles. The Hall–Kier alpha value is -1.67. The van der Waals surface area contributed by atoms with Crippen molar-refractivity contribution in [3.63, 3.8) is 0 Å². The zero-order valence-electron chi connectivity index (χ0n) is 9.00. The summed E-state index contributed by atoms with van der Waals surface area (Å²) in [6, 6.07) is 13.5. The van der Waals surface area contributed by atoms with Gasteiger partial charge in [0.25, 0.3) is 0 Å². The zero-order valence-corrected chi connectivity index (χ0v) is 9.75. The molecule has 0 unspecified atom stereocenters. The van der Waals surface area contributed by atoms with Gasteiger partial charge in [0.2, 0.25) is 0 Å². The van der Waals surface area contributed by atoms with Crippen LogP contribution in [-0.4, -0.2) is 7.05 Å². The molecular weight excluding hydrogens is 220 g/mol. The first-order valence-electron chi connectivity index (χ1n) is 5.04. The van der Waals surface area contributed by atoms with E-state index in [0.717, 1.165) is 27.5 Å². The molecule has 0 fully saturated rings. The fraction of sp³-hybridized carbons (Fsp3) is 0.0769. The van der Waals surface area contributed by atoms with Crippen molar-refractivity contribution in [3.8, 4) is 11.1 Å². The van der Waals surface area contributed by atoms with Crippen LogP contribution < -0.4 is 11.1 Å². The predicted molar refractivity (Wildman–Crippen MR) is 70.8 cm³/mol.